The van der Waals surface area contributed by atoms with Gasteiger partial charge in [-0.05, 0) is 25.5 Å². The summed E-state index contributed by atoms with van der Waals surface area (Å²) in [5, 5.41) is 5.73. The molecule has 152 valence electrons. The minimum Gasteiger partial charge on any atom is -0.467 e. The van der Waals surface area contributed by atoms with E-state index >= 15 is 0 Å². The Morgan fingerprint density at radius 2 is 2.14 bits per heavy atom. The summed E-state index contributed by atoms with van der Waals surface area (Å²) in [5.74, 6) is 0.0202. The number of carbonyl (C=O) groups is 3. The molecule has 1 atom stereocenters. The van der Waals surface area contributed by atoms with E-state index in [4.69, 9.17) is 9.47 Å². The molecular weight excluding hydrogens is 362 g/mol. The van der Waals surface area contributed by atoms with Crippen LogP contribution in [-0.2, 0) is 14.3 Å². The van der Waals surface area contributed by atoms with Gasteiger partial charge in [0, 0.05) is 45.6 Å². The summed E-state index contributed by atoms with van der Waals surface area (Å²) < 4.78 is 11.3. The van der Waals surface area contributed by atoms with E-state index in [-0.39, 0.29) is 30.7 Å². The molecule has 2 N–H and O–H groups in total. The molecule has 1 unspecified atom stereocenters. The fraction of sp³-hybridized carbons (Fsp3) is 0.550. The van der Waals surface area contributed by atoms with Gasteiger partial charge in [0.2, 0.25) is 11.8 Å². The largest absolute Gasteiger partial charge is 0.467 e. The van der Waals surface area contributed by atoms with Gasteiger partial charge in [-0.15, -0.1) is 0 Å². The molecule has 1 spiro atoms. The Labute approximate surface area is 164 Å². The molecule has 1 aromatic carbocycles. The van der Waals surface area contributed by atoms with Crippen molar-refractivity contribution in [3.8, 4) is 5.75 Å². The number of hydrogen-bond donors (Lipinski definition) is 2. The number of nitrogens with one attached hydrogen (secondary N) is 2. The Morgan fingerprint density at radius 3 is 2.96 bits per heavy atom. The average molecular weight is 389 g/mol. The average Bonchev–Trinajstić information content (AvgIpc) is 2.82. The van der Waals surface area contributed by atoms with E-state index in [1.54, 1.807) is 18.2 Å². The Balaban J connectivity index is 1.56. The fourth-order valence-corrected chi connectivity index (χ4v) is 3.46. The van der Waals surface area contributed by atoms with Gasteiger partial charge in [-0.3, -0.25) is 14.4 Å². The SMILES string of the molecule is CCOCCCNC(=O)CN1CCC2(CCC1=O)NC(=O)c1ccccc1O2. The lowest BCUT2D eigenvalue weighted by atomic mass is 10.0. The number of amides is 3. The molecule has 0 aromatic heterocycles. The minimum absolute atomic E-state index is 0.00802. The summed E-state index contributed by atoms with van der Waals surface area (Å²) in [6.07, 6.45) is 1.74. The van der Waals surface area contributed by atoms with Crippen LogP contribution in [0.2, 0.25) is 0 Å². The highest BCUT2D eigenvalue weighted by molar-refractivity contribution is 5.98. The summed E-state index contributed by atoms with van der Waals surface area (Å²) in [6.45, 7) is 4.04. The van der Waals surface area contributed by atoms with Gasteiger partial charge in [-0.25, -0.2) is 0 Å². The third kappa shape index (κ3) is 4.81. The Morgan fingerprint density at radius 1 is 1.32 bits per heavy atom. The molecule has 1 fully saturated rings. The second-order valence-corrected chi connectivity index (χ2v) is 7.01. The van der Waals surface area contributed by atoms with Crippen molar-refractivity contribution >= 4 is 17.7 Å². The molecule has 3 amide bonds. The van der Waals surface area contributed by atoms with Crippen molar-refractivity contribution < 1.29 is 23.9 Å². The standard InChI is InChI=1S/C20H27N3O5/c1-2-27-13-5-11-21-17(24)14-23-12-10-20(9-8-18(23)25)22-19(26)15-6-3-4-7-16(15)28-20/h3-4,6-7H,2,5,8-14H2,1H3,(H,21,24)(H,22,26). The quantitative estimate of drug-likeness (QED) is 0.680. The zero-order valence-electron chi connectivity index (χ0n) is 16.2. The number of nitrogens with zero attached hydrogens (tertiary/aromatic N) is 1. The molecular formula is C20H27N3O5. The van der Waals surface area contributed by atoms with Crippen molar-refractivity contribution in [2.75, 3.05) is 32.8 Å². The van der Waals surface area contributed by atoms with Gasteiger partial charge in [0.15, 0.2) is 5.72 Å². The molecule has 1 aromatic rings. The molecule has 0 radical (unpaired) electrons. The van der Waals surface area contributed by atoms with Gasteiger partial charge in [-0.2, -0.15) is 0 Å². The summed E-state index contributed by atoms with van der Waals surface area (Å²) in [7, 11) is 0. The highest BCUT2D eigenvalue weighted by Crippen LogP contribution is 2.33. The number of benzene rings is 1. The molecule has 28 heavy (non-hydrogen) atoms. The molecule has 0 saturated carbocycles. The summed E-state index contributed by atoms with van der Waals surface area (Å²) in [6, 6.07) is 7.07. The number of carbonyl (C=O) groups excluding carboxylic acids is 3. The topological polar surface area (TPSA) is 97.0 Å². The maximum Gasteiger partial charge on any atom is 0.258 e. The van der Waals surface area contributed by atoms with Crippen LogP contribution in [0, 0.1) is 0 Å². The molecule has 2 aliphatic rings. The Bertz CT molecular complexity index is 738. The first kappa shape index (κ1) is 20.1. The molecule has 3 rings (SSSR count). The molecule has 8 heteroatoms. The van der Waals surface area contributed by atoms with Crippen molar-refractivity contribution in [2.45, 2.75) is 38.3 Å². The minimum atomic E-state index is -0.913. The van der Waals surface area contributed by atoms with Crippen LogP contribution >= 0.6 is 0 Å². The maximum atomic E-state index is 12.5. The van der Waals surface area contributed by atoms with Crippen molar-refractivity contribution in [2.24, 2.45) is 0 Å². The van der Waals surface area contributed by atoms with Crippen LogP contribution in [-0.4, -0.2) is 61.2 Å². The molecule has 1 saturated heterocycles. The van der Waals surface area contributed by atoms with E-state index in [1.807, 2.05) is 13.0 Å². The highest BCUT2D eigenvalue weighted by atomic mass is 16.5. The third-order valence-corrected chi connectivity index (χ3v) is 4.99. The van der Waals surface area contributed by atoms with Gasteiger partial charge >= 0.3 is 0 Å². The smallest absolute Gasteiger partial charge is 0.258 e. The zero-order chi connectivity index (χ0) is 20.0. The Kier molecular flexibility index (Phi) is 6.51. The third-order valence-electron chi connectivity index (χ3n) is 4.99. The predicted octanol–water partition coefficient (Wildman–Crippen LogP) is 1.06. The molecule has 8 nitrogen and oxygen atoms in total. The van der Waals surface area contributed by atoms with E-state index in [0.717, 1.165) is 6.42 Å². The van der Waals surface area contributed by atoms with Crippen molar-refractivity contribution in [3.63, 3.8) is 0 Å². The normalized spacial score (nSPS) is 21.5. The van der Waals surface area contributed by atoms with Gasteiger partial charge in [0.1, 0.15) is 5.75 Å². The number of hydrogen-bond acceptors (Lipinski definition) is 5. The van der Waals surface area contributed by atoms with Crippen LogP contribution in [0.5, 0.6) is 5.75 Å². The summed E-state index contributed by atoms with van der Waals surface area (Å²) in [4.78, 5) is 38.6. The van der Waals surface area contributed by atoms with E-state index in [9.17, 15) is 14.4 Å². The van der Waals surface area contributed by atoms with E-state index < -0.39 is 5.72 Å². The number of likely N-dealkylation sites (tertiary alicyclic amines) is 1. The van der Waals surface area contributed by atoms with Crippen LogP contribution in [0.25, 0.3) is 0 Å². The van der Waals surface area contributed by atoms with Crippen LogP contribution < -0.4 is 15.4 Å². The predicted molar refractivity (Wildman–Crippen MR) is 102 cm³/mol. The van der Waals surface area contributed by atoms with Gasteiger partial charge < -0.3 is 25.0 Å². The monoisotopic (exact) mass is 389 g/mol. The van der Waals surface area contributed by atoms with Gasteiger partial charge in [0.25, 0.3) is 5.91 Å². The first-order valence-corrected chi connectivity index (χ1v) is 9.76. The number of rotatable bonds is 7. The van der Waals surface area contributed by atoms with E-state index in [1.165, 1.54) is 4.90 Å². The second-order valence-electron chi connectivity index (χ2n) is 7.01. The number of fused-ring (bicyclic) bond motifs is 1. The molecule has 0 aliphatic carbocycles. The lowest BCUT2D eigenvalue weighted by Gasteiger charge is -2.38. The van der Waals surface area contributed by atoms with Crippen LogP contribution in [0.3, 0.4) is 0 Å². The molecule has 2 heterocycles. The zero-order valence-corrected chi connectivity index (χ0v) is 16.2. The summed E-state index contributed by atoms with van der Waals surface area (Å²) in [5.41, 5.74) is -0.420. The fourth-order valence-electron chi connectivity index (χ4n) is 3.46. The van der Waals surface area contributed by atoms with Crippen molar-refractivity contribution in [1.82, 2.24) is 15.5 Å². The number of para-hydroxylation sites is 1. The van der Waals surface area contributed by atoms with E-state index in [0.29, 0.717) is 50.5 Å². The first-order valence-electron chi connectivity index (χ1n) is 9.76. The van der Waals surface area contributed by atoms with Crippen LogP contribution in [0.15, 0.2) is 24.3 Å². The number of ether oxygens (including phenoxy) is 2. The van der Waals surface area contributed by atoms with Gasteiger partial charge in [0.05, 0.1) is 12.1 Å². The van der Waals surface area contributed by atoms with E-state index in [2.05, 4.69) is 10.6 Å². The van der Waals surface area contributed by atoms with Gasteiger partial charge in [-0.1, -0.05) is 12.1 Å². The van der Waals surface area contributed by atoms with Crippen LogP contribution in [0.4, 0.5) is 0 Å². The molecule has 0 bridgehead atoms. The lowest BCUT2D eigenvalue weighted by molar-refractivity contribution is -0.135. The molecule has 2 aliphatic heterocycles. The van der Waals surface area contributed by atoms with Crippen LogP contribution in [0.1, 0.15) is 43.0 Å². The Hall–Kier alpha value is -2.61. The summed E-state index contributed by atoms with van der Waals surface area (Å²) >= 11 is 0. The van der Waals surface area contributed by atoms with Crippen molar-refractivity contribution in [3.05, 3.63) is 29.8 Å². The van der Waals surface area contributed by atoms with Crippen molar-refractivity contribution in [1.29, 1.82) is 0 Å². The second kappa shape index (κ2) is 9.05. The lowest BCUT2D eigenvalue weighted by Crippen LogP contribution is -2.56. The highest BCUT2D eigenvalue weighted by Gasteiger charge is 2.42. The maximum absolute atomic E-state index is 12.5. The first-order chi connectivity index (χ1) is 13.5.